The Morgan fingerprint density at radius 3 is 2.43 bits per heavy atom. The van der Waals surface area contributed by atoms with E-state index in [1.54, 1.807) is 12.1 Å². The second-order valence-corrected chi connectivity index (χ2v) is 9.08. The molecule has 1 N–H and O–H groups in total. The number of furan rings is 1. The zero-order chi connectivity index (χ0) is 19.3. The summed E-state index contributed by atoms with van der Waals surface area (Å²) in [5.41, 5.74) is 3.41. The van der Waals surface area contributed by atoms with E-state index >= 15 is 0 Å². The summed E-state index contributed by atoms with van der Waals surface area (Å²) in [5.74, 6) is 1.05. The number of fused-ring (bicyclic) bond motifs is 5. The highest BCUT2D eigenvalue weighted by Crippen LogP contribution is 2.39. The third-order valence-electron chi connectivity index (χ3n) is 5.59. The fraction of sp³-hybridized carbons (Fsp3) is 0.217. The molecule has 0 amide bonds. The molecule has 1 aromatic heterocycles. The van der Waals surface area contributed by atoms with Crippen LogP contribution in [0.2, 0.25) is 0 Å². The second kappa shape index (κ2) is 6.38. The lowest BCUT2D eigenvalue weighted by Gasteiger charge is -2.13. The summed E-state index contributed by atoms with van der Waals surface area (Å²) in [6.07, 6.45) is 4.20. The molecule has 5 heteroatoms. The van der Waals surface area contributed by atoms with E-state index in [9.17, 15) is 8.42 Å². The summed E-state index contributed by atoms with van der Waals surface area (Å²) in [5, 5.41) is 2.81. The van der Waals surface area contributed by atoms with Crippen LogP contribution in [0.25, 0.3) is 21.7 Å². The smallest absolute Gasteiger partial charge is 0.262 e. The first-order valence-corrected chi connectivity index (χ1v) is 11.1. The first-order valence-electron chi connectivity index (χ1n) is 9.59. The van der Waals surface area contributed by atoms with Crippen LogP contribution in [0, 0.1) is 6.92 Å². The number of rotatable bonds is 3. The molecular formula is C23H21NO3S. The monoisotopic (exact) mass is 391 g/mol. The van der Waals surface area contributed by atoms with Crippen molar-refractivity contribution in [3.05, 3.63) is 71.5 Å². The van der Waals surface area contributed by atoms with Crippen molar-refractivity contribution in [2.75, 3.05) is 4.72 Å². The summed E-state index contributed by atoms with van der Waals surface area (Å²) in [6, 6.07) is 16.8. The third kappa shape index (κ3) is 2.69. The van der Waals surface area contributed by atoms with Crippen molar-refractivity contribution in [1.82, 2.24) is 0 Å². The molecule has 4 aromatic rings. The standard InChI is InChI=1S/C23H21NO3S/c1-15-8-2-7-13-22(15)28(25,26)24-20-14-19-17-10-5-6-12-21(17)27-23(19)18-11-4-3-9-16(18)20/h2-4,7-9,11,13-14,24H,5-6,10,12H2,1H3. The maximum atomic E-state index is 13.1. The Morgan fingerprint density at radius 2 is 1.61 bits per heavy atom. The predicted molar refractivity (Wildman–Crippen MR) is 112 cm³/mol. The average Bonchev–Trinajstić information content (AvgIpc) is 3.07. The molecule has 4 nitrogen and oxygen atoms in total. The molecule has 0 saturated heterocycles. The maximum absolute atomic E-state index is 13.1. The van der Waals surface area contributed by atoms with Gasteiger partial charge in [0.2, 0.25) is 0 Å². The number of sulfonamides is 1. The summed E-state index contributed by atoms with van der Waals surface area (Å²) in [7, 11) is -3.69. The van der Waals surface area contributed by atoms with Gasteiger partial charge in [0.05, 0.1) is 10.6 Å². The van der Waals surface area contributed by atoms with Crippen molar-refractivity contribution >= 4 is 37.5 Å². The molecule has 0 unspecified atom stereocenters. The molecule has 0 spiro atoms. The molecule has 5 rings (SSSR count). The largest absolute Gasteiger partial charge is 0.460 e. The first kappa shape index (κ1) is 17.3. The summed E-state index contributed by atoms with van der Waals surface area (Å²) < 4.78 is 35.2. The second-order valence-electron chi connectivity index (χ2n) is 7.43. The Bertz CT molecular complexity index is 1320. The summed E-state index contributed by atoms with van der Waals surface area (Å²) in [6.45, 7) is 1.81. The number of benzene rings is 3. The van der Waals surface area contributed by atoms with Crippen LogP contribution in [-0.4, -0.2) is 8.42 Å². The van der Waals surface area contributed by atoms with E-state index in [-0.39, 0.29) is 0 Å². The Hall–Kier alpha value is -2.79. The predicted octanol–water partition coefficient (Wildman–Crippen LogP) is 5.57. The van der Waals surface area contributed by atoms with Gasteiger partial charge in [0.1, 0.15) is 11.3 Å². The molecule has 0 saturated carbocycles. The Kier molecular flexibility index (Phi) is 3.95. The lowest BCUT2D eigenvalue weighted by molar-refractivity contribution is 0.507. The first-order chi connectivity index (χ1) is 13.5. The van der Waals surface area contributed by atoms with Crippen molar-refractivity contribution in [3.63, 3.8) is 0 Å². The van der Waals surface area contributed by atoms with Gasteiger partial charge < -0.3 is 4.42 Å². The van der Waals surface area contributed by atoms with Gasteiger partial charge in [0.15, 0.2) is 0 Å². The summed E-state index contributed by atoms with van der Waals surface area (Å²) >= 11 is 0. The highest BCUT2D eigenvalue weighted by atomic mass is 32.2. The fourth-order valence-corrected chi connectivity index (χ4v) is 5.54. The highest BCUT2D eigenvalue weighted by Gasteiger charge is 2.23. The van der Waals surface area contributed by atoms with Gasteiger partial charge in [0, 0.05) is 28.1 Å². The number of hydrogen-bond acceptors (Lipinski definition) is 3. The van der Waals surface area contributed by atoms with Crippen LogP contribution in [0.5, 0.6) is 0 Å². The van der Waals surface area contributed by atoms with Crippen LogP contribution in [0.3, 0.4) is 0 Å². The number of aryl methyl sites for hydroxylation is 3. The number of anilines is 1. The average molecular weight is 391 g/mol. The molecule has 0 aliphatic heterocycles. The topological polar surface area (TPSA) is 59.3 Å². The third-order valence-corrected chi connectivity index (χ3v) is 7.12. The minimum Gasteiger partial charge on any atom is -0.460 e. The number of hydrogen-bond donors (Lipinski definition) is 1. The molecule has 0 atom stereocenters. The molecule has 142 valence electrons. The Labute approximate surface area is 164 Å². The Balaban J connectivity index is 1.73. The molecule has 0 fully saturated rings. The van der Waals surface area contributed by atoms with E-state index in [2.05, 4.69) is 4.72 Å². The molecule has 1 aliphatic carbocycles. The van der Waals surface area contributed by atoms with Crippen molar-refractivity contribution in [2.45, 2.75) is 37.5 Å². The molecule has 1 aliphatic rings. The van der Waals surface area contributed by atoms with E-state index in [0.29, 0.717) is 10.6 Å². The van der Waals surface area contributed by atoms with Gasteiger partial charge in [-0.25, -0.2) is 8.42 Å². The molecule has 0 radical (unpaired) electrons. The Morgan fingerprint density at radius 1 is 0.893 bits per heavy atom. The van der Waals surface area contributed by atoms with Gasteiger partial charge in [-0.1, -0.05) is 42.5 Å². The molecule has 0 bridgehead atoms. The lowest BCUT2D eigenvalue weighted by atomic mass is 9.94. The van der Waals surface area contributed by atoms with E-state index in [4.69, 9.17) is 4.42 Å². The van der Waals surface area contributed by atoms with Crippen molar-refractivity contribution in [2.24, 2.45) is 0 Å². The van der Waals surface area contributed by atoms with Gasteiger partial charge in [-0.05, 0) is 43.9 Å². The number of nitrogens with one attached hydrogen (secondary N) is 1. The zero-order valence-electron chi connectivity index (χ0n) is 15.7. The van der Waals surface area contributed by atoms with E-state index in [1.165, 1.54) is 5.56 Å². The molecule has 3 aromatic carbocycles. The molecular weight excluding hydrogens is 370 g/mol. The van der Waals surface area contributed by atoms with Crippen LogP contribution in [0.1, 0.15) is 29.7 Å². The van der Waals surface area contributed by atoms with Gasteiger partial charge in [-0.3, -0.25) is 4.72 Å². The zero-order valence-corrected chi connectivity index (χ0v) is 16.5. The van der Waals surface area contributed by atoms with Gasteiger partial charge >= 0.3 is 0 Å². The van der Waals surface area contributed by atoms with Crippen molar-refractivity contribution in [3.8, 4) is 0 Å². The molecule has 28 heavy (non-hydrogen) atoms. The van der Waals surface area contributed by atoms with Gasteiger partial charge in [0.25, 0.3) is 10.0 Å². The van der Waals surface area contributed by atoms with Crippen molar-refractivity contribution in [1.29, 1.82) is 0 Å². The van der Waals surface area contributed by atoms with Crippen LogP contribution in [-0.2, 0) is 22.9 Å². The van der Waals surface area contributed by atoms with Crippen molar-refractivity contribution < 1.29 is 12.8 Å². The highest BCUT2D eigenvalue weighted by molar-refractivity contribution is 7.92. The van der Waals surface area contributed by atoms with E-state index in [0.717, 1.165) is 58.7 Å². The normalized spacial score (nSPS) is 14.3. The van der Waals surface area contributed by atoms with E-state index in [1.807, 2.05) is 49.4 Å². The van der Waals surface area contributed by atoms with Gasteiger partial charge in [-0.15, -0.1) is 0 Å². The SMILES string of the molecule is Cc1ccccc1S(=O)(=O)Nc1cc2c3c(oc2c2ccccc12)CCCC3. The molecule has 1 heterocycles. The van der Waals surface area contributed by atoms with Crippen LogP contribution in [0.4, 0.5) is 5.69 Å². The summed E-state index contributed by atoms with van der Waals surface area (Å²) in [4.78, 5) is 0.299. The van der Waals surface area contributed by atoms with E-state index < -0.39 is 10.0 Å². The van der Waals surface area contributed by atoms with Crippen LogP contribution in [0.15, 0.2) is 63.9 Å². The minimum atomic E-state index is -3.69. The van der Waals surface area contributed by atoms with Crippen LogP contribution >= 0.6 is 0 Å². The van der Waals surface area contributed by atoms with Crippen LogP contribution < -0.4 is 4.72 Å². The quantitative estimate of drug-likeness (QED) is 0.496. The fourth-order valence-electron chi connectivity index (χ4n) is 4.22. The lowest BCUT2D eigenvalue weighted by Crippen LogP contribution is -2.14. The minimum absolute atomic E-state index is 0.299. The maximum Gasteiger partial charge on any atom is 0.262 e. The van der Waals surface area contributed by atoms with Gasteiger partial charge in [-0.2, -0.15) is 0 Å².